The number of oxazole rings is 1. The summed E-state index contributed by atoms with van der Waals surface area (Å²) in [5.41, 5.74) is 7.65. The molecule has 0 amide bonds. The Kier molecular flexibility index (Phi) is 2.49. The van der Waals surface area contributed by atoms with Crippen molar-refractivity contribution in [2.45, 2.75) is 0 Å². The molecule has 5 heteroatoms. The maximum atomic E-state index is 6.00. The van der Waals surface area contributed by atoms with E-state index in [4.69, 9.17) is 21.8 Å². The Morgan fingerprint density at radius 3 is 2.85 bits per heavy atom. The Morgan fingerprint density at radius 1 is 1.15 bits per heavy atom. The van der Waals surface area contributed by atoms with Gasteiger partial charge in [0.2, 0.25) is 5.89 Å². The predicted octanol–water partition coefficient (Wildman–Crippen LogP) is 4.95. The van der Waals surface area contributed by atoms with Gasteiger partial charge in [-0.3, -0.25) is 0 Å². The number of benzene rings is 2. The molecule has 0 radical (unpaired) electrons. The van der Waals surface area contributed by atoms with Crippen LogP contribution in [0.25, 0.3) is 32.0 Å². The van der Waals surface area contributed by atoms with E-state index >= 15 is 0 Å². The first-order valence-electron chi connectivity index (χ1n) is 6.05. The van der Waals surface area contributed by atoms with Crippen LogP contribution in [0.1, 0.15) is 0 Å². The Labute approximate surface area is 123 Å². The van der Waals surface area contributed by atoms with Crippen LogP contribution in [-0.4, -0.2) is 4.98 Å². The van der Waals surface area contributed by atoms with E-state index in [0.29, 0.717) is 22.2 Å². The SMILES string of the molecule is Nc1cc2oc(-c3cc4ccccc4s3)nc2cc1Cl. The van der Waals surface area contributed by atoms with Crippen LogP contribution in [-0.2, 0) is 0 Å². The van der Waals surface area contributed by atoms with Crippen molar-refractivity contribution in [1.29, 1.82) is 0 Å². The fourth-order valence-electron chi connectivity index (χ4n) is 2.16. The summed E-state index contributed by atoms with van der Waals surface area (Å²) in [7, 11) is 0. The summed E-state index contributed by atoms with van der Waals surface area (Å²) in [5.74, 6) is 0.600. The van der Waals surface area contributed by atoms with Gasteiger partial charge < -0.3 is 10.2 Å². The molecule has 0 saturated heterocycles. The smallest absolute Gasteiger partial charge is 0.237 e. The molecular weight excluding hydrogens is 292 g/mol. The van der Waals surface area contributed by atoms with E-state index in [9.17, 15) is 0 Å². The van der Waals surface area contributed by atoms with Crippen molar-refractivity contribution in [3.8, 4) is 10.8 Å². The largest absolute Gasteiger partial charge is 0.435 e. The zero-order valence-electron chi connectivity index (χ0n) is 10.3. The summed E-state index contributed by atoms with van der Waals surface area (Å²) < 4.78 is 6.99. The Morgan fingerprint density at radius 2 is 2.00 bits per heavy atom. The van der Waals surface area contributed by atoms with E-state index in [1.807, 2.05) is 12.1 Å². The van der Waals surface area contributed by atoms with Crippen molar-refractivity contribution >= 4 is 49.8 Å². The third-order valence-corrected chi connectivity index (χ3v) is 4.57. The van der Waals surface area contributed by atoms with Gasteiger partial charge in [0.05, 0.1) is 15.6 Å². The first kappa shape index (κ1) is 11.8. The first-order valence-corrected chi connectivity index (χ1v) is 7.25. The lowest BCUT2D eigenvalue weighted by atomic mass is 10.2. The van der Waals surface area contributed by atoms with Gasteiger partial charge in [0.1, 0.15) is 5.52 Å². The molecule has 3 nitrogen and oxygen atoms in total. The standard InChI is InChI=1S/C15H9ClN2OS/c16-9-6-11-12(7-10(9)17)19-15(18-11)14-5-8-3-1-2-4-13(8)20-14/h1-7H,17H2. The molecule has 0 fully saturated rings. The summed E-state index contributed by atoms with van der Waals surface area (Å²) in [6, 6.07) is 13.7. The van der Waals surface area contributed by atoms with Crippen LogP contribution in [0.3, 0.4) is 0 Å². The number of nitrogen functional groups attached to an aromatic ring is 1. The number of thiophene rings is 1. The maximum absolute atomic E-state index is 6.00. The highest BCUT2D eigenvalue weighted by Crippen LogP contribution is 2.35. The second kappa shape index (κ2) is 4.23. The summed E-state index contributed by atoms with van der Waals surface area (Å²) in [6.45, 7) is 0. The first-order chi connectivity index (χ1) is 9.70. The summed E-state index contributed by atoms with van der Waals surface area (Å²) in [4.78, 5) is 5.48. The van der Waals surface area contributed by atoms with Crippen molar-refractivity contribution in [3.05, 3.63) is 47.5 Å². The Balaban J connectivity index is 1.93. The zero-order chi connectivity index (χ0) is 13.7. The third kappa shape index (κ3) is 1.77. The van der Waals surface area contributed by atoms with Crippen LogP contribution in [0, 0.1) is 0 Å². The molecule has 0 atom stereocenters. The lowest BCUT2D eigenvalue weighted by molar-refractivity contribution is 0.622. The summed E-state index contributed by atoms with van der Waals surface area (Å²) >= 11 is 7.66. The van der Waals surface area contributed by atoms with E-state index < -0.39 is 0 Å². The van der Waals surface area contributed by atoms with E-state index in [1.54, 1.807) is 23.5 Å². The minimum Gasteiger partial charge on any atom is -0.435 e. The summed E-state index contributed by atoms with van der Waals surface area (Å²) in [6.07, 6.45) is 0. The van der Waals surface area contributed by atoms with Gasteiger partial charge in [-0.2, -0.15) is 0 Å². The Hall–Kier alpha value is -2.04. The molecule has 0 bridgehead atoms. The number of anilines is 1. The molecule has 0 saturated carbocycles. The molecule has 20 heavy (non-hydrogen) atoms. The minimum absolute atomic E-state index is 0.494. The minimum atomic E-state index is 0.494. The number of fused-ring (bicyclic) bond motifs is 2. The monoisotopic (exact) mass is 300 g/mol. The molecule has 98 valence electrons. The second-order valence-corrected chi connectivity index (χ2v) is 6.00. The van der Waals surface area contributed by atoms with Crippen molar-refractivity contribution < 1.29 is 4.42 Å². The lowest BCUT2D eigenvalue weighted by Gasteiger charge is -1.94. The van der Waals surface area contributed by atoms with Crippen LogP contribution >= 0.6 is 22.9 Å². The number of nitrogens with two attached hydrogens (primary N) is 1. The molecule has 0 unspecified atom stereocenters. The molecule has 0 spiro atoms. The highest BCUT2D eigenvalue weighted by molar-refractivity contribution is 7.22. The Bertz CT molecular complexity index is 870. The quantitative estimate of drug-likeness (QED) is 0.506. The number of rotatable bonds is 1. The molecule has 4 rings (SSSR count). The predicted molar refractivity (Wildman–Crippen MR) is 84.3 cm³/mol. The topological polar surface area (TPSA) is 52.0 Å². The van der Waals surface area contributed by atoms with Crippen LogP contribution in [0.4, 0.5) is 5.69 Å². The van der Waals surface area contributed by atoms with Gasteiger partial charge in [0.15, 0.2) is 5.58 Å². The molecular formula is C15H9ClN2OS. The number of aromatic nitrogens is 1. The number of hydrogen-bond acceptors (Lipinski definition) is 4. The average Bonchev–Trinajstić information content (AvgIpc) is 3.02. The van der Waals surface area contributed by atoms with Gasteiger partial charge in [0, 0.05) is 10.8 Å². The van der Waals surface area contributed by atoms with E-state index in [2.05, 4.69) is 23.2 Å². The zero-order valence-corrected chi connectivity index (χ0v) is 11.8. The van der Waals surface area contributed by atoms with E-state index in [1.165, 1.54) is 10.1 Å². The van der Waals surface area contributed by atoms with Crippen LogP contribution in [0.2, 0.25) is 5.02 Å². The third-order valence-electron chi connectivity index (χ3n) is 3.14. The van der Waals surface area contributed by atoms with Gasteiger partial charge in [-0.05, 0) is 23.6 Å². The molecule has 2 aromatic carbocycles. The second-order valence-electron chi connectivity index (χ2n) is 4.51. The molecule has 0 aliphatic rings. The molecule has 2 N–H and O–H groups in total. The normalized spacial score (nSPS) is 11.4. The van der Waals surface area contributed by atoms with Gasteiger partial charge in [-0.25, -0.2) is 4.98 Å². The fraction of sp³-hybridized carbons (Fsp3) is 0. The molecule has 4 aromatic rings. The highest BCUT2D eigenvalue weighted by atomic mass is 35.5. The lowest BCUT2D eigenvalue weighted by Crippen LogP contribution is -1.84. The van der Waals surface area contributed by atoms with Gasteiger partial charge in [-0.15, -0.1) is 11.3 Å². The van der Waals surface area contributed by atoms with E-state index in [-0.39, 0.29) is 0 Å². The van der Waals surface area contributed by atoms with Gasteiger partial charge in [-0.1, -0.05) is 29.8 Å². The number of halogens is 1. The molecule has 2 heterocycles. The molecule has 2 aromatic heterocycles. The van der Waals surface area contributed by atoms with Crippen LogP contribution in [0.5, 0.6) is 0 Å². The van der Waals surface area contributed by atoms with E-state index in [0.717, 1.165) is 10.4 Å². The van der Waals surface area contributed by atoms with Gasteiger partial charge >= 0.3 is 0 Å². The van der Waals surface area contributed by atoms with Crippen LogP contribution in [0.15, 0.2) is 46.9 Å². The van der Waals surface area contributed by atoms with Crippen molar-refractivity contribution in [1.82, 2.24) is 4.98 Å². The van der Waals surface area contributed by atoms with Gasteiger partial charge in [0.25, 0.3) is 0 Å². The van der Waals surface area contributed by atoms with Crippen molar-refractivity contribution in [2.75, 3.05) is 5.73 Å². The van der Waals surface area contributed by atoms with Crippen molar-refractivity contribution in [2.24, 2.45) is 0 Å². The highest BCUT2D eigenvalue weighted by Gasteiger charge is 2.12. The van der Waals surface area contributed by atoms with Crippen LogP contribution < -0.4 is 5.73 Å². The average molecular weight is 301 g/mol. The molecule has 0 aliphatic carbocycles. The molecule has 0 aliphatic heterocycles. The number of nitrogens with zero attached hydrogens (tertiary/aromatic N) is 1. The summed E-state index contributed by atoms with van der Waals surface area (Å²) in [5, 5.41) is 1.68. The maximum Gasteiger partial charge on any atom is 0.237 e. The fourth-order valence-corrected chi connectivity index (χ4v) is 3.30. The number of hydrogen-bond donors (Lipinski definition) is 1. The van der Waals surface area contributed by atoms with Crippen molar-refractivity contribution in [3.63, 3.8) is 0 Å².